The molecule has 0 saturated carbocycles. The molecule has 0 bridgehead atoms. The molecule has 0 amide bonds. The zero-order valence-corrected chi connectivity index (χ0v) is 14.2. The summed E-state index contributed by atoms with van der Waals surface area (Å²) in [5.74, 6) is 1.09. The molecule has 3 aromatic carbocycles. The molecule has 0 aliphatic rings. The Hall–Kier alpha value is -2.42. The Balaban J connectivity index is 1.87. The SMILES string of the molecule is O=P(Oc1ccccc1)(Oc1ccccc1)Oc1ccc(Cl)cc1. The van der Waals surface area contributed by atoms with E-state index in [2.05, 4.69) is 0 Å². The minimum atomic E-state index is -3.94. The first kappa shape index (κ1) is 16.4. The molecule has 0 aromatic heterocycles. The summed E-state index contributed by atoms with van der Waals surface area (Å²) in [5.41, 5.74) is 0. The highest BCUT2D eigenvalue weighted by Crippen LogP contribution is 2.49. The van der Waals surface area contributed by atoms with Crippen molar-refractivity contribution < 1.29 is 18.1 Å². The van der Waals surface area contributed by atoms with Crippen molar-refractivity contribution in [3.8, 4) is 17.2 Å². The number of hydrogen-bond donors (Lipinski definition) is 0. The van der Waals surface area contributed by atoms with E-state index >= 15 is 0 Å². The Morgan fingerprint density at radius 3 is 1.38 bits per heavy atom. The lowest BCUT2D eigenvalue weighted by molar-refractivity contribution is 0.298. The van der Waals surface area contributed by atoms with Gasteiger partial charge < -0.3 is 13.6 Å². The Morgan fingerprint density at radius 1 is 0.583 bits per heavy atom. The first-order valence-corrected chi connectivity index (χ1v) is 9.01. The number of phosphoric acid groups is 1. The maximum absolute atomic E-state index is 13.1. The van der Waals surface area contributed by atoms with E-state index < -0.39 is 7.82 Å². The number of halogens is 1. The van der Waals surface area contributed by atoms with Crippen LogP contribution in [0.2, 0.25) is 5.02 Å². The number of para-hydroxylation sites is 2. The van der Waals surface area contributed by atoms with Crippen molar-refractivity contribution in [2.45, 2.75) is 0 Å². The van der Waals surface area contributed by atoms with Crippen LogP contribution in [-0.2, 0) is 4.57 Å². The summed E-state index contributed by atoms with van der Waals surface area (Å²) in [7, 11) is -3.94. The van der Waals surface area contributed by atoms with E-state index in [1.165, 1.54) is 0 Å². The van der Waals surface area contributed by atoms with E-state index in [1.54, 1.807) is 72.8 Å². The van der Waals surface area contributed by atoms with Crippen LogP contribution in [-0.4, -0.2) is 0 Å². The van der Waals surface area contributed by atoms with Crippen LogP contribution >= 0.6 is 19.4 Å². The van der Waals surface area contributed by atoms with Crippen LogP contribution in [0.3, 0.4) is 0 Å². The Bertz CT molecular complexity index is 777. The maximum Gasteiger partial charge on any atom is 0.647 e. The lowest BCUT2D eigenvalue weighted by atomic mass is 10.3. The van der Waals surface area contributed by atoms with Gasteiger partial charge in [0, 0.05) is 5.02 Å². The summed E-state index contributed by atoms with van der Waals surface area (Å²) in [5, 5.41) is 0.546. The second-order valence-corrected chi connectivity index (χ2v) is 6.68. The molecule has 0 aliphatic carbocycles. The molecular formula is C18H14ClO4P. The Kier molecular flexibility index (Phi) is 5.09. The molecule has 3 aromatic rings. The molecule has 0 aliphatic heterocycles. The van der Waals surface area contributed by atoms with Crippen LogP contribution in [0.15, 0.2) is 84.9 Å². The first-order chi connectivity index (χ1) is 11.6. The van der Waals surface area contributed by atoms with E-state index in [0.29, 0.717) is 22.3 Å². The predicted octanol–water partition coefficient (Wildman–Crippen LogP) is 5.98. The van der Waals surface area contributed by atoms with Crippen molar-refractivity contribution in [3.05, 3.63) is 90.0 Å². The third-order valence-corrected chi connectivity index (χ3v) is 4.51. The molecule has 0 atom stereocenters. The van der Waals surface area contributed by atoms with Gasteiger partial charge in [0.1, 0.15) is 17.2 Å². The van der Waals surface area contributed by atoms with Crippen LogP contribution < -0.4 is 13.6 Å². The van der Waals surface area contributed by atoms with Crippen LogP contribution in [0, 0.1) is 0 Å². The molecule has 0 spiro atoms. The van der Waals surface area contributed by atoms with Gasteiger partial charge in [0.2, 0.25) is 0 Å². The van der Waals surface area contributed by atoms with E-state index in [0.717, 1.165) is 0 Å². The zero-order chi connectivity index (χ0) is 16.8. The van der Waals surface area contributed by atoms with Crippen molar-refractivity contribution in [2.75, 3.05) is 0 Å². The highest BCUT2D eigenvalue weighted by molar-refractivity contribution is 7.49. The van der Waals surface area contributed by atoms with Crippen LogP contribution in [0.4, 0.5) is 0 Å². The third kappa shape index (κ3) is 4.54. The minimum absolute atomic E-state index is 0.328. The van der Waals surface area contributed by atoms with Crippen LogP contribution in [0.25, 0.3) is 0 Å². The molecule has 0 N–H and O–H groups in total. The fraction of sp³-hybridized carbons (Fsp3) is 0. The lowest BCUT2D eigenvalue weighted by Crippen LogP contribution is -2.07. The van der Waals surface area contributed by atoms with Gasteiger partial charge in [0.25, 0.3) is 0 Å². The molecule has 6 heteroatoms. The van der Waals surface area contributed by atoms with Crippen molar-refractivity contribution in [2.24, 2.45) is 0 Å². The third-order valence-electron chi connectivity index (χ3n) is 2.95. The molecule has 0 fully saturated rings. The molecule has 3 rings (SSSR count). The smallest absolute Gasteiger partial charge is 0.386 e. The minimum Gasteiger partial charge on any atom is -0.386 e. The fourth-order valence-electron chi connectivity index (χ4n) is 1.90. The summed E-state index contributed by atoms with van der Waals surface area (Å²) in [6.45, 7) is 0. The van der Waals surface area contributed by atoms with Gasteiger partial charge >= 0.3 is 7.82 Å². The molecular weight excluding hydrogens is 347 g/mol. The zero-order valence-electron chi connectivity index (χ0n) is 12.5. The van der Waals surface area contributed by atoms with Gasteiger partial charge in [0.15, 0.2) is 0 Å². The lowest BCUT2D eigenvalue weighted by Gasteiger charge is -2.19. The summed E-state index contributed by atoms with van der Waals surface area (Å²) in [4.78, 5) is 0. The van der Waals surface area contributed by atoms with Crippen LogP contribution in [0.5, 0.6) is 17.2 Å². The molecule has 24 heavy (non-hydrogen) atoms. The monoisotopic (exact) mass is 360 g/mol. The molecule has 0 unspecified atom stereocenters. The van der Waals surface area contributed by atoms with Gasteiger partial charge in [-0.3, -0.25) is 0 Å². The number of hydrogen-bond acceptors (Lipinski definition) is 4. The van der Waals surface area contributed by atoms with E-state index in [4.69, 9.17) is 25.2 Å². The molecule has 4 nitrogen and oxygen atoms in total. The normalized spacial score (nSPS) is 10.9. The van der Waals surface area contributed by atoms with Crippen molar-refractivity contribution in [1.82, 2.24) is 0 Å². The van der Waals surface area contributed by atoms with Gasteiger partial charge in [-0.05, 0) is 48.5 Å². The predicted molar refractivity (Wildman–Crippen MR) is 93.8 cm³/mol. The van der Waals surface area contributed by atoms with Crippen LogP contribution in [0.1, 0.15) is 0 Å². The highest BCUT2D eigenvalue weighted by atomic mass is 35.5. The van der Waals surface area contributed by atoms with Gasteiger partial charge in [-0.25, -0.2) is 0 Å². The summed E-state index contributed by atoms with van der Waals surface area (Å²) in [6, 6.07) is 23.9. The van der Waals surface area contributed by atoms with Gasteiger partial charge in [0.05, 0.1) is 0 Å². The van der Waals surface area contributed by atoms with Gasteiger partial charge in [-0.2, -0.15) is 4.57 Å². The second-order valence-electron chi connectivity index (χ2n) is 4.80. The number of phosphoric ester groups is 1. The molecule has 0 saturated heterocycles. The summed E-state index contributed by atoms with van der Waals surface area (Å²) >= 11 is 5.86. The number of rotatable bonds is 6. The second kappa shape index (κ2) is 7.43. The van der Waals surface area contributed by atoms with Crippen molar-refractivity contribution >= 4 is 19.4 Å². The first-order valence-electron chi connectivity index (χ1n) is 7.17. The highest BCUT2D eigenvalue weighted by Gasteiger charge is 2.33. The average Bonchev–Trinajstić information content (AvgIpc) is 2.58. The van der Waals surface area contributed by atoms with E-state index in [9.17, 15) is 4.57 Å². The number of benzene rings is 3. The standard InChI is InChI=1S/C18H14ClO4P/c19-15-11-13-18(14-12-15)23-24(20,21-16-7-3-1-4-8-16)22-17-9-5-2-6-10-17/h1-14H. The maximum atomic E-state index is 13.1. The van der Waals surface area contributed by atoms with Gasteiger partial charge in [-0.15, -0.1) is 0 Å². The van der Waals surface area contributed by atoms with E-state index in [-0.39, 0.29) is 0 Å². The van der Waals surface area contributed by atoms with Crippen molar-refractivity contribution in [3.63, 3.8) is 0 Å². The average molecular weight is 361 g/mol. The molecule has 122 valence electrons. The quantitative estimate of drug-likeness (QED) is 0.507. The Morgan fingerprint density at radius 2 is 0.958 bits per heavy atom. The van der Waals surface area contributed by atoms with E-state index in [1.807, 2.05) is 12.1 Å². The molecule has 0 heterocycles. The Labute approximate surface area is 145 Å². The topological polar surface area (TPSA) is 44.8 Å². The summed E-state index contributed by atoms with van der Waals surface area (Å²) < 4.78 is 29.7. The fourth-order valence-corrected chi connectivity index (χ4v) is 3.28. The largest absolute Gasteiger partial charge is 0.647 e. The van der Waals surface area contributed by atoms with Crippen molar-refractivity contribution in [1.29, 1.82) is 0 Å². The summed E-state index contributed by atoms with van der Waals surface area (Å²) in [6.07, 6.45) is 0. The van der Waals surface area contributed by atoms with Gasteiger partial charge in [-0.1, -0.05) is 48.0 Å². The molecule has 0 radical (unpaired) electrons.